The Balaban J connectivity index is 1.92. The van der Waals surface area contributed by atoms with Gasteiger partial charge in [0.1, 0.15) is 0 Å². The summed E-state index contributed by atoms with van der Waals surface area (Å²) in [4.78, 5) is 13.4. The molecule has 132 valence electrons. The molecule has 27 heavy (non-hydrogen) atoms. The second-order valence-corrected chi connectivity index (χ2v) is 7.39. The average molecular weight is 389 g/mol. The zero-order chi connectivity index (χ0) is 18.6. The van der Waals surface area contributed by atoms with Gasteiger partial charge in [-0.25, -0.2) is 9.69 Å². The molecule has 0 fully saturated rings. The minimum absolute atomic E-state index is 0.131. The summed E-state index contributed by atoms with van der Waals surface area (Å²) in [5.74, 6) is -0.131. The summed E-state index contributed by atoms with van der Waals surface area (Å²) in [5.41, 5.74) is 3.26. The molecule has 0 spiro atoms. The first kappa shape index (κ1) is 17.4. The van der Waals surface area contributed by atoms with Gasteiger partial charge in [-0.15, -0.1) is 11.3 Å². The van der Waals surface area contributed by atoms with Crippen LogP contribution in [0.15, 0.2) is 96.4 Å². The molecule has 4 aromatic rings. The molecule has 0 saturated carbocycles. The van der Waals surface area contributed by atoms with E-state index >= 15 is 0 Å². The first-order valence-electron chi connectivity index (χ1n) is 8.46. The molecule has 0 aliphatic carbocycles. The predicted molar refractivity (Wildman–Crippen MR) is 114 cm³/mol. The predicted octanol–water partition coefficient (Wildman–Crippen LogP) is 6.06. The van der Waals surface area contributed by atoms with Crippen molar-refractivity contribution >= 4 is 35.1 Å². The van der Waals surface area contributed by atoms with Gasteiger partial charge < -0.3 is 0 Å². The summed E-state index contributed by atoms with van der Waals surface area (Å²) in [6.07, 6.45) is 0. The largest absolute Gasteiger partial charge is 0.277 e. The summed E-state index contributed by atoms with van der Waals surface area (Å²) >= 11 is 7.05. The summed E-state index contributed by atoms with van der Waals surface area (Å²) in [6.45, 7) is 0. The van der Waals surface area contributed by atoms with Gasteiger partial charge in [0.15, 0.2) is 3.95 Å². The zero-order valence-corrected chi connectivity index (χ0v) is 16.0. The Morgan fingerprint density at radius 2 is 1.37 bits per heavy atom. The van der Waals surface area contributed by atoms with E-state index in [0.717, 1.165) is 16.9 Å². The van der Waals surface area contributed by atoms with Crippen LogP contribution >= 0.6 is 23.6 Å². The minimum Gasteiger partial charge on any atom is -0.267 e. The van der Waals surface area contributed by atoms with E-state index in [1.165, 1.54) is 11.3 Å². The third-order valence-electron chi connectivity index (χ3n) is 4.16. The highest BCUT2D eigenvalue weighted by atomic mass is 32.1. The van der Waals surface area contributed by atoms with Crippen LogP contribution in [0.4, 0.5) is 5.69 Å². The fourth-order valence-electron chi connectivity index (χ4n) is 2.89. The molecule has 0 aliphatic rings. The molecule has 0 radical (unpaired) electrons. The van der Waals surface area contributed by atoms with Crippen molar-refractivity contribution in [3.63, 3.8) is 0 Å². The lowest BCUT2D eigenvalue weighted by molar-refractivity contribution is 0.0976. The number of carbonyl (C=O) groups excluding carboxylic acids is 1. The number of aromatic nitrogens is 1. The molecule has 0 unspecified atom stereocenters. The van der Waals surface area contributed by atoms with Crippen LogP contribution in [0, 0.1) is 3.95 Å². The zero-order valence-electron chi connectivity index (χ0n) is 14.4. The number of nitrogens with zero attached hydrogens (tertiary/aromatic N) is 2. The molecule has 0 bridgehead atoms. The first-order valence-corrected chi connectivity index (χ1v) is 9.75. The van der Waals surface area contributed by atoms with Crippen molar-refractivity contribution in [3.05, 3.63) is 106 Å². The second kappa shape index (κ2) is 7.70. The van der Waals surface area contributed by atoms with Crippen LogP contribution in [0.5, 0.6) is 0 Å². The third kappa shape index (κ3) is 3.47. The standard InChI is InChI=1S/C22H16N2OS2/c25-21(18-12-6-2-7-13-18)23(19-14-8-3-9-15-19)24-20(16-27-22(24)26)17-10-4-1-5-11-17/h1-16H. The topological polar surface area (TPSA) is 25.2 Å². The van der Waals surface area contributed by atoms with Crippen LogP contribution in [0.25, 0.3) is 11.3 Å². The molecule has 0 N–H and O–H groups in total. The van der Waals surface area contributed by atoms with Crippen molar-refractivity contribution in [1.82, 2.24) is 4.68 Å². The van der Waals surface area contributed by atoms with Gasteiger partial charge in [-0.2, -0.15) is 0 Å². The Morgan fingerprint density at radius 1 is 0.815 bits per heavy atom. The van der Waals surface area contributed by atoms with E-state index in [4.69, 9.17) is 12.2 Å². The molecular weight excluding hydrogens is 372 g/mol. The van der Waals surface area contributed by atoms with Gasteiger partial charge in [0, 0.05) is 16.5 Å². The first-order chi connectivity index (χ1) is 13.3. The van der Waals surface area contributed by atoms with Gasteiger partial charge >= 0.3 is 0 Å². The lowest BCUT2D eigenvalue weighted by Crippen LogP contribution is -2.36. The van der Waals surface area contributed by atoms with Crippen molar-refractivity contribution in [2.45, 2.75) is 0 Å². The second-order valence-electron chi connectivity index (χ2n) is 5.88. The van der Waals surface area contributed by atoms with Gasteiger partial charge in [0.05, 0.1) is 11.4 Å². The normalized spacial score (nSPS) is 10.5. The third-order valence-corrected chi connectivity index (χ3v) is 5.33. The molecule has 3 aromatic carbocycles. The summed E-state index contributed by atoms with van der Waals surface area (Å²) in [5, 5.41) is 3.64. The van der Waals surface area contributed by atoms with Crippen molar-refractivity contribution < 1.29 is 4.79 Å². The van der Waals surface area contributed by atoms with E-state index < -0.39 is 0 Å². The van der Waals surface area contributed by atoms with Gasteiger partial charge in [0.2, 0.25) is 0 Å². The van der Waals surface area contributed by atoms with Gasteiger partial charge in [-0.05, 0) is 36.5 Å². The van der Waals surface area contributed by atoms with Gasteiger partial charge in [0.25, 0.3) is 5.91 Å². The number of anilines is 1. The van der Waals surface area contributed by atoms with Crippen molar-refractivity contribution in [1.29, 1.82) is 0 Å². The molecule has 0 saturated heterocycles. The fraction of sp³-hybridized carbons (Fsp3) is 0. The van der Waals surface area contributed by atoms with Crippen LogP contribution in [-0.2, 0) is 0 Å². The fourth-order valence-corrected chi connectivity index (χ4v) is 3.94. The van der Waals surface area contributed by atoms with Crippen LogP contribution < -0.4 is 5.01 Å². The Kier molecular flexibility index (Phi) is 4.96. The van der Waals surface area contributed by atoms with Crippen LogP contribution in [0.1, 0.15) is 10.4 Å². The van der Waals surface area contributed by atoms with Crippen LogP contribution in [0.3, 0.4) is 0 Å². The number of hydrogen-bond acceptors (Lipinski definition) is 3. The number of para-hydroxylation sites is 1. The molecule has 1 aromatic heterocycles. The molecule has 1 heterocycles. The van der Waals surface area contributed by atoms with Gasteiger partial charge in [-0.1, -0.05) is 66.7 Å². The van der Waals surface area contributed by atoms with E-state index in [1.807, 2.05) is 101 Å². The highest BCUT2D eigenvalue weighted by molar-refractivity contribution is 7.73. The number of thiazole rings is 1. The average Bonchev–Trinajstić information content (AvgIpc) is 3.11. The quantitative estimate of drug-likeness (QED) is 0.397. The van der Waals surface area contributed by atoms with E-state index in [2.05, 4.69) is 0 Å². The SMILES string of the molecule is O=C(c1ccccc1)N(c1ccccc1)n1c(-c2ccccc2)csc1=S. The van der Waals surface area contributed by atoms with E-state index in [0.29, 0.717) is 9.52 Å². The Bertz CT molecular complexity index is 1100. The molecule has 5 heteroatoms. The number of carbonyl (C=O) groups is 1. The van der Waals surface area contributed by atoms with E-state index in [-0.39, 0.29) is 5.91 Å². The van der Waals surface area contributed by atoms with Crippen molar-refractivity contribution in [3.8, 4) is 11.3 Å². The Labute approximate surface area is 166 Å². The Hall–Kier alpha value is -3.02. The highest BCUT2D eigenvalue weighted by Gasteiger charge is 2.23. The maximum absolute atomic E-state index is 13.4. The molecule has 0 atom stereocenters. The van der Waals surface area contributed by atoms with E-state index in [1.54, 1.807) is 5.01 Å². The van der Waals surface area contributed by atoms with Crippen LogP contribution in [-0.4, -0.2) is 10.6 Å². The molecule has 1 amide bonds. The maximum Gasteiger partial charge on any atom is 0.277 e. The number of hydrogen-bond donors (Lipinski definition) is 0. The maximum atomic E-state index is 13.4. The summed E-state index contributed by atoms with van der Waals surface area (Å²) < 4.78 is 2.43. The van der Waals surface area contributed by atoms with Gasteiger partial charge in [-0.3, -0.25) is 4.79 Å². The molecule has 4 rings (SSSR count). The van der Waals surface area contributed by atoms with Crippen molar-refractivity contribution in [2.75, 3.05) is 5.01 Å². The minimum atomic E-state index is -0.131. The number of benzene rings is 3. The van der Waals surface area contributed by atoms with E-state index in [9.17, 15) is 4.79 Å². The number of rotatable bonds is 4. The summed E-state index contributed by atoms with van der Waals surface area (Å²) in [7, 11) is 0. The Morgan fingerprint density at radius 3 is 2.00 bits per heavy atom. The van der Waals surface area contributed by atoms with Crippen LogP contribution in [0.2, 0.25) is 0 Å². The lowest BCUT2D eigenvalue weighted by atomic mass is 10.1. The monoisotopic (exact) mass is 388 g/mol. The van der Waals surface area contributed by atoms with Crippen molar-refractivity contribution in [2.24, 2.45) is 0 Å². The number of amides is 1. The molecular formula is C22H16N2OS2. The summed E-state index contributed by atoms with van der Waals surface area (Å²) in [6, 6.07) is 28.8. The molecule has 0 aliphatic heterocycles. The lowest BCUT2D eigenvalue weighted by Gasteiger charge is -2.26. The smallest absolute Gasteiger partial charge is 0.267 e. The highest BCUT2D eigenvalue weighted by Crippen LogP contribution is 2.28. The molecule has 3 nitrogen and oxygen atoms in total.